The topological polar surface area (TPSA) is 9.49 Å². The minimum atomic E-state index is -0.145. The lowest BCUT2D eigenvalue weighted by molar-refractivity contribution is -0.433. The molecular weight excluding hydrogens is 655 g/mol. The van der Waals surface area contributed by atoms with Crippen LogP contribution in [0.2, 0.25) is 0 Å². The third kappa shape index (κ3) is 5.89. The number of fused-ring (bicyclic) bond motifs is 2. The molecule has 0 atom stereocenters. The van der Waals surface area contributed by atoms with Crippen LogP contribution in [0, 0.1) is 0 Å². The Morgan fingerprint density at radius 1 is 0.611 bits per heavy atom. The van der Waals surface area contributed by atoms with Crippen LogP contribution in [-0.2, 0) is 10.8 Å². The van der Waals surface area contributed by atoms with Crippen LogP contribution in [0.25, 0.3) is 5.57 Å². The van der Waals surface area contributed by atoms with Crippen molar-refractivity contribution in [2.24, 2.45) is 0 Å². The minimum absolute atomic E-state index is 0.136. The Bertz CT molecular complexity index is 2350. The van der Waals surface area contributed by atoms with E-state index < -0.39 is 0 Å². The second kappa shape index (κ2) is 14.1. The van der Waals surface area contributed by atoms with Gasteiger partial charge in [0.25, 0.3) is 0 Å². The van der Waals surface area contributed by atoms with Crippen LogP contribution >= 0.6 is 0 Å². The third-order valence-corrected chi connectivity index (χ3v) is 11.5. The molecule has 0 N–H and O–H groups in total. The Hall–Kier alpha value is -5.93. The van der Waals surface area contributed by atoms with Gasteiger partial charge in [-0.25, -0.2) is 0 Å². The van der Waals surface area contributed by atoms with Gasteiger partial charge in [0.2, 0.25) is 5.69 Å². The zero-order valence-corrected chi connectivity index (χ0v) is 32.4. The molecule has 0 fully saturated rings. The van der Waals surface area contributed by atoms with Gasteiger partial charge in [0.1, 0.15) is 6.54 Å². The molecule has 3 nitrogen and oxygen atoms in total. The molecule has 0 aromatic heterocycles. The Morgan fingerprint density at radius 2 is 1.19 bits per heavy atom. The first kappa shape index (κ1) is 35.1. The predicted octanol–water partition coefficient (Wildman–Crippen LogP) is 12.5. The quantitative estimate of drug-likeness (QED) is 0.141. The second-order valence-electron chi connectivity index (χ2n) is 15.4. The highest BCUT2D eigenvalue weighted by Gasteiger charge is 2.44. The van der Waals surface area contributed by atoms with Gasteiger partial charge < -0.3 is 9.80 Å². The van der Waals surface area contributed by atoms with Crippen LogP contribution in [0.15, 0.2) is 192 Å². The third-order valence-electron chi connectivity index (χ3n) is 11.5. The zero-order valence-electron chi connectivity index (χ0n) is 32.4. The van der Waals surface area contributed by atoms with Crippen LogP contribution in [0.4, 0.5) is 22.7 Å². The van der Waals surface area contributed by atoms with Crippen LogP contribution in [-0.4, -0.2) is 23.4 Å². The first-order valence-electron chi connectivity index (χ1n) is 19.4. The van der Waals surface area contributed by atoms with Crippen LogP contribution < -0.4 is 9.80 Å². The van der Waals surface area contributed by atoms with Crippen molar-refractivity contribution in [1.29, 1.82) is 0 Å². The van der Waals surface area contributed by atoms with Gasteiger partial charge in [-0.05, 0) is 93.0 Å². The fraction of sp³-hybridized carbons (Fsp3) is 0.196. The van der Waals surface area contributed by atoms with Gasteiger partial charge in [0.05, 0.1) is 11.1 Å². The molecule has 0 saturated carbocycles. The molecule has 2 heterocycles. The second-order valence-corrected chi connectivity index (χ2v) is 15.4. The van der Waals surface area contributed by atoms with Gasteiger partial charge in [0, 0.05) is 63.6 Å². The summed E-state index contributed by atoms with van der Waals surface area (Å²) in [6.07, 6.45) is 11.9. The molecule has 0 unspecified atom stereocenters. The lowest BCUT2D eigenvalue weighted by atomic mass is 9.81. The summed E-state index contributed by atoms with van der Waals surface area (Å²) in [5.41, 5.74) is 15.8. The maximum atomic E-state index is 2.49. The Balaban J connectivity index is 1.39. The Kier molecular flexibility index (Phi) is 9.19. The molecule has 0 radical (unpaired) electrons. The Morgan fingerprint density at radius 3 is 1.81 bits per heavy atom. The summed E-state index contributed by atoms with van der Waals surface area (Å²) in [6, 6.07) is 50.3. The summed E-state index contributed by atoms with van der Waals surface area (Å²) >= 11 is 0. The van der Waals surface area contributed by atoms with Crippen molar-refractivity contribution in [3.63, 3.8) is 0 Å². The predicted molar refractivity (Wildman–Crippen MR) is 229 cm³/mol. The van der Waals surface area contributed by atoms with Crippen molar-refractivity contribution in [3.8, 4) is 0 Å². The normalized spacial score (nSPS) is 18.6. The van der Waals surface area contributed by atoms with Gasteiger partial charge in [-0.1, -0.05) is 123 Å². The molecule has 3 heteroatoms. The molecule has 3 aliphatic rings. The van der Waals surface area contributed by atoms with Crippen molar-refractivity contribution in [3.05, 3.63) is 209 Å². The van der Waals surface area contributed by atoms with Gasteiger partial charge in [0.15, 0.2) is 5.71 Å². The van der Waals surface area contributed by atoms with E-state index in [1.807, 2.05) is 0 Å². The number of para-hydroxylation sites is 4. The van der Waals surface area contributed by atoms with E-state index in [2.05, 4.69) is 226 Å². The fourth-order valence-electron chi connectivity index (χ4n) is 8.84. The average molecular weight is 705 g/mol. The van der Waals surface area contributed by atoms with E-state index in [9.17, 15) is 0 Å². The molecule has 8 rings (SSSR count). The molecule has 5 aromatic rings. The standard InChI is InChI=1S/C51H50N3/c1-7-52-45-30-20-18-28-43(45)50(3,4)47(52)34-32-38-36-42(37-22-12-9-13-23-37)41(33-35-48-51(5,6)44-29-19-21-31-46(44)53(48)8-2)49(38)54(39-24-14-10-15-25-39)40-26-16-11-17-27-40/h9-36H,7-8H2,1-6H3/q+1. The highest BCUT2D eigenvalue weighted by Crippen LogP contribution is 2.49. The number of anilines is 3. The zero-order chi connectivity index (χ0) is 37.5. The summed E-state index contributed by atoms with van der Waals surface area (Å²) in [6.45, 7) is 15.7. The van der Waals surface area contributed by atoms with Crippen molar-refractivity contribution in [2.75, 3.05) is 22.9 Å². The van der Waals surface area contributed by atoms with Crippen LogP contribution in [0.5, 0.6) is 0 Å². The van der Waals surface area contributed by atoms with Gasteiger partial charge in [-0.15, -0.1) is 0 Å². The van der Waals surface area contributed by atoms with Crippen molar-refractivity contribution in [2.45, 2.75) is 52.4 Å². The average Bonchev–Trinajstić information content (AvgIpc) is 3.75. The van der Waals surface area contributed by atoms with Crippen LogP contribution in [0.1, 0.15) is 58.2 Å². The van der Waals surface area contributed by atoms with E-state index >= 15 is 0 Å². The van der Waals surface area contributed by atoms with E-state index in [4.69, 9.17) is 0 Å². The number of benzene rings is 5. The number of hydrogen-bond donors (Lipinski definition) is 0. The maximum Gasteiger partial charge on any atom is 0.209 e. The summed E-state index contributed by atoms with van der Waals surface area (Å²) in [5, 5.41) is 0. The molecule has 0 saturated heterocycles. The van der Waals surface area contributed by atoms with E-state index in [0.717, 1.165) is 30.2 Å². The number of rotatable bonds is 9. The lowest BCUT2D eigenvalue weighted by Crippen LogP contribution is -2.27. The molecule has 1 aliphatic carbocycles. The summed E-state index contributed by atoms with van der Waals surface area (Å²) < 4.78 is 2.48. The molecule has 0 bridgehead atoms. The molecule has 5 aromatic carbocycles. The lowest BCUT2D eigenvalue weighted by Gasteiger charge is -2.30. The van der Waals surface area contributed by atoms with Crippen molar-refractivity contribution < 1.29 is 4.58 Å². The van der Waals surface area contributed by atoms with E-state index in [0.29, 0.717) is 0 Å². The monoisotopic (exact) mass is 704 g/mol. The number of nitrogens with zero attached hydrogens (tertiary/aromatic N) is 3. The number of hydrogen-bond acceptors (Lipinski definition) is 2. The smallest absolute Gasteiger partial charge is 0.209 e. The van der Waals surface area contributed by atoms with Gasteiger partial charge >= 0.3 is 0 Å². The fourth-order valence-corrected chi connectivity index (χ4v) is 8.84. The maximum absolute atomic E-state index is 2.49. The highest BCUT2D eigenvalue weighted by molar-refractivity contribution is 6.04. The number of allylic oxidation sites excluding steroid dienone is 8. The number of likely N-dealkylation sites (N-methyl/N-ethyl adjacent to an activating group) is 1. The van der Waals surface area contributed by atoms with Crippen molar-refractivity contribution >= 4 is 34.0 Å². The van der Waals surface area contributed by atoms with Crippen molar-refractivity contribution in [1.82, 2.24) is 0 Å². The van der Waals surface area contributed by atoms with Gasteiger partial charge in [-0.2, -0.15) is 4.58 Å². The van der Waals surface area contributed by atoms with E-state index in [-0.39, 0.29) is 10.8 Å². The van der Waals surface area contributed by atoms with E-state index in [1.54, 1.807) is 0 Å². The first-order valence-corrected chi connectivity index (χ1v) is 19.4. The molecular formula is C51H50N3+. The van der Waals surface area contributed by atoms with Crippen LogP contribution in [0.3, 0.4) is 0 Å². The molecule has 2 aliphatic heterocycles. The SMILES string of the molecule is CCN1C(=CC=C2C(c3ccccc3)=CC(C=CC3=[N+](CC)c4ccccc4C3(C)C)=C2N(c2ccccc2)c2ccccc2)C(C)(C)c2ccccc21. The molecule has 0 amide bonds. The summed E-state index contributed by atoms with van der Waals surface area (Å²) in [4.78, 5) is 4.93. The largest absolute Gasteiger partial charge is 0.344 e. The Labute approximate surface area is 321 Å². The van der Waals surface area contributed by atoms with Gasteiger partial charge in [-0.3, -0.25) is 0 Å². The molecule has 0 spiro atoms. The molecule has 54 heavy (non-hydrogen) atoms. The first-order chi connectivity index (χ1) is 26.3. The summed E-state index contributed by atoms with van der Waals surface area (Å²) in [7, 11) is 0. The summed E-state index contributed by atoms with van der Waals surface area (Å²) in [5.74, 6) is 0. The highest BCUT2D eigenvalue weighted by atomic mass is 15.2. The van der Waals surface area contributed by atoms with E-state index in [1.165, 1.54) is 56.2 Å². The molecule has 268 valence electrons. The minimum Gasteiger partial charge on any atom is -0.344 e.